The summed E-state index contributed by atoms with van der Waals surface area (Å²) in [5.74, 6) is 0.454. The van der Waals surface area contributed by atoms with Crippen LogP contribution < -0.4 is 21.5 Å². The van der Waals surface area contributed by atoms with E-state index in [1.54, 1.807) is 57.2 Å². The van der Waals surface area contributed by atoms with Gasteiger partial charge in [0.2, 0.25) is 12.2 Å². The molecule has 11 nitrogen and oxygen atoms in total. The van der Waals surface area contributed by atoms with Gasteiger partial charge in [-0.3, -0.25) is 4.79 Å². The lowest BCUT2D eigenvalue weighted by atomic mass is 10.3. The molecule has 0 fully saturated rings. The predicted molar refractivity (Wildman–Crippen MR) is 114 cm³/mol. The number of hydrogen-bond donors (Lipinski definition) is 3. The molecule has 0 aliphatic heterocycles. The normalized spacial score (nSPS) is 11.9. The van der Waals surface area contributed by atoms with E-state index in [0.717, 1.165) is 0 Å². The second-order valence-corrected chi connectivity index (χ2v) is 6.58. The first-order chi connectivity index (χ1) is 14.8. The van der Waals surface area contributed by atoms with Crippen molar-refractivity contribution in [2.45, 2.75) is 39.6 Å². The molecule has 0 radical (unpaired) electrons. The molecule has 5 N–H and O–H groups in total. The number of anilines is 2. The van der Waals surface area contributed by atoms with Crippen molar-refractivity contribution in [1.82, 2.24) is 4.98 Å². The molecule has 1 aromatic carbocycles. The van der Waals surface area contributed by atoms with Crippen LogP contribution in [0.4, 0.5) is 27.8 Å². The van der Waals surface area contributed by atoms with Crippen LogP contribution in [0.25, 0.3) is 0 Å². The number of carbonyl (C=O) groups excluding carboxylic acids is 2. The van der Waals surface area contributed by atoms with E-state index in [2.05, 4.69) is 20.5 Å². The number of pyridine rings is 1. The summed E-state index contributed by atoms with van der Waals surface area (Å²) in [4.78, 5) is 27.3. The van der Waals surface area contributed by atoms with Gasteiger partial charge in [-0.15, -0.1) is 10.2 Å². The van der Waals surface area contributed by atoms with Crippen LogP contribution in [0.3, 0.4) is 0 Å². The summed E-state index contributed by atoms with van der Waals surface area (Å²) in [6.45, 7) is 5.21. The lowest BCUT2D eigenvalue weighted by Gasteiger charge is -2.16. The molecule has 0 bridgehead atoms. The third kappa shape index (κ3) is 7.90. The fourth-order valence-corrected chi connectivity index (χ4v) is 2.26. The summed E-state index contributed by atoms with van der Waals surface area (Å²) in [6.07, 6.45) is -1.87. The van der Waals surface area contributed by atoms with Crippen LogP contribution in [-0.4, -0.2) is 36.0 Å². The Hall–Kier alpha value is -3.73. The molecule has 0 aliphatic carbocycles. The molecule has 1 amide bonds. The number of nitrogens with zero attached hydrogens (tertiary/aromatic N) is 3. The minimum absolute atomic E-state index is 0.0841. The highest BCUT2D eigenvalue weighted by molar-refractivity contribution is 5.90. The van der Waals surface area contributed by atoms with E-state index in [4.69, 9.17) is 25.7 Å². The molecule has 166 valence electrons. The lowest BCUT2D eigenvalue weighted by molar-refractivity contribution is -0.116. The Balaban J connectivity index is 2.08. The second-order valence-electron chi connectivity index (χ2n) is 6.58. The largest absolute Gasteiger partial charge is 0.511 e. The maximum Gasteiger partial charge on any atom is 0.511 e. The van der Waals surface area contributed by atoms with Crippen molar-refractivity contribution in [2.75, 3.05) is 17.6 Å². The van der Waals surface area contributed by atoms with Crippen LogP contribution in [0.2, 0.25) is 0 Å². The number of azo groups is 1. The van der Waals surface area contributed by atoms with E-state index >= 15 is 0 Å². The number of ether oxygens (including phenoxy) is 3. The topological polar surface area (TPSA) is 164 Å². The third-order valence-corrected chi connectivity index (χ3v) is 3.56. The first kappa shape index (κ1) is 23.5. The molecule has 11 heteroatoms. The van der Waals surface area contributed by atoms with E-state index in [9.17, 15) is 9.59 Å². The number of aromatic nitrogens is 1. The Labute approximate surface area is 179 Å². The predicted octanol–water partition coefficient (Wildman–Crippen LogP) is 3.65. The highest BCUT2D eigenvalue weighted by Gasteiger charge is 2.15. The third-order valence-electron chi connectivity index (χ3n) is 3.56. The van der Waals surface area contributed by atoms with Gasteiger partial charge in [-0.1, -0.05) is 12.1 Å². The summed E-state index contributed by atoms with van der Waals surface area (Å²) in [5, 5.41) is 10.8. The number of carbonyl (C=O) groups is 2. The summed E-state index contributed by atoms with van der Waals surface area (Å²) >= 11 is 0. The Morgan fingerprint density at radius 2 is 1.77 bits per heavy atom. The summed E-state index contributed by atoms with van der Waals surface area (Å²) in [6, 6.07) is 9.93. The van der Waals surface area contributed by atoms with Gasteiger partial charge in [0.25, 0.3) is 0 Å². The van der Waals surface area contributed by atoms with Crippen molar-refractivity contribution in [3.8, 4) is 5.75 Å². The Bertz CT molecular complexity index is 934. The zero-order valence-electron chi connectivity index (χ0n) is 17.6. The van der Waals surface area contributed by atoms with Crippen molar-refractivity contribution < 1.29 is 23.8 Å². The average Bonchev–Trinajstić information content (AvgIpc) is 2.67. The highest BCUT2D eigenvalue weighted by Crippen LogP contribution is 2.31. The molecule has 1 atom stereocenters. The van der Waals surface area contributed by atoms with Crippen LogP contribution in [0, 0.1) is 0 Å². The molecule has 31 heavy (non-hydrogen) atoms. The second kappa shape index (κ2) is 11.5. The first-order valence-electron chi connectivity index (χ1n) is 9.59. The molecule has 0 aliphatic rings. The Kier molecular flexibility index (Phi) is 8.70. The Morgan fingerprint density at radius 1 is 1.06 bits per heavy atom. The first-order valence-corrected chi connectivity index (χ1v) is 9.59. The van der Waals surface area contributed by atoms with Crippen molar-refractivity contribution in [2.24, 2.45) is 16.0 Å². The molecular weight excluding hydrogens is 404 g/mol. The molecule has 1 heterocycles. The van der Waals surface area contributed by atoms with Crippen molar-refractivity contribution in [3.05, 3.63) is 36.4 Å². The molecule has 0 spiro atoms. The number of amides is 1. The zero-order valence-corrected chi connectivity index (χ0v) is 17.6. The fraction of sp³-hybridized carbons (Fsp3) is 0.350. The SMILES string of the molecule is CC(C)OC(=O)OC(C)Oc1ccccc1N=Nc1ccc(NC(=O)CCN)nc1N. The number of hydrogen-bond acceptors (Lipinski definition) is 10. The fourth-order valence-electron chi connectivity index (χ4n) is 2.26. The lowest BCUT2D eigenvalue weighted by Crippen LogP contribution is -2.23. The molecule has 1 aromatic heterocycles. The summed E-state index contributed by atoms with van der Waals surface area (Å²) < 4.78 is 15.6. The number of benzene rings is 1. The monoisotopic (exact) mass is 430 g/mol. The minimum atomic E-state index is -0.911. The molecule has 0 saturated heterocycles. The van der Waals surface area contributed by atoms with E-state index in [-0.39, 0.29) is 36.6 Å². The van der Waals surface area contributed by atoms with Crippen LogP contribution in [0.1, 0.15) is 27.2 Å². The maximum absolute atomic E-state index is 11.6. The number of nitrogens with one attached hydrogen (secondary N) is 1. The standard InChI is InChI=1S/C20H26N6O5/c1-12(2)29-20(28)31-13(3)30-16-7-5-4-6-14(16)25-26-15-8-9-17(24-19(15)22)23-18(27)10-11-21/h4-9,12-13H,10-11,21H2,1-3H3,(H3,22,23,24,27). The van der Waals surface area contributed by atoms with Gasteiger partial charge >= 0.3 is 6.16 Å². The van der Waals surface area contributed by atoms with Gasteiger partial charge in [0.05, 0.1) is 6.10 Å². The van der Waals surface area contributed by atoms with E-state index in [1.165, 1.54) is 0 Å². The van der Waals surface area contributed by atoms with Gasteiger partial charge in [-0.2, -0.15) is 0 Å². The van der Waals surface area contributed by atoms with Gasteiger partial charge in [0.1, 0.15) is 17.2 Å². The van der Waals surface area contributed by atoms with Gasteiger partial charge in [0.15, 0.2) is 11.6 Å². The van der Waals surface area contributed by atoms with Crippen molar-refractivity contribution in [1.29, 1.82) is 0 Å². The number of nitrogens with two attached hydrogens (primary N) is 2. The summed E-state index contributed by atoms with van der Waals surface area (Å²) in [7, 11) is 0. The van der Waals surface area contributed by atoms with E-state index in [0.29, 0.717) is 17.1 Å². The molecule has 1 unspecified atom stereocenters. The van der Waals surface area contributed by atoms with Crippen LogP contribution in [0.5, 0.6) is 5.75 Å². The smallest absolute Gasteiger partial charge is 0.453 e. The molecular formula is C20H26N6O5. The van der Waals surface area contributed by atoms with Gasteiger partial charge in [-0.25, -0.2) is 9.78 Å². The maximum atomic E-state index is 11.6. The molecule has 2 aromatic rings. The quantitative estimate of drug-likeness (QED) is 0.308. The minimum Gasteiger partial charge on any atom is -0.453 e. The molecule has 2 rings (SSSR count). The van der Waals surface area contributed by atoms with E-state index < -0.39 is 12.4 Å². The van der Waals surface area contributed by atoms with Gasteiger partial charge in [0, 0.05) is 19.9 Å². The van der Waals surface area contributed by atoms with Crippen molar-refractivity contribution >= 4 is 35.1 Å². The van der Waals surface area contributed by atoms with Gasteiger partial charge in [-0.05, 0) is 38.1 Å². The number of rotatable bonds is 9. The highest BCUT2D eigenvalue weighted by atomic mass is 16.8. The average molecular weight is 430 g/mol. The Morgan fingerprint density at radius 3 is 2.45 bits per heavy atom. The van der Waals surface area contributed by atoms with Crippen molar-refractivity contribution in [3.63, 3.8) is 0 Å². The van der Waals surface area contributed by atoms with Crippen LogP contribution in [0.15, 0.2) is 46.6 Å². The number of nitrogen functional groups attached to an aromatic ring is 1. The zero-order chi connectivity index (χ0) is 22.8. The summed E-state index contributed by atoms with van der Waals surface area (Å²) in [5.41, 5.74) is 11.9. The number of para-hydroxylation sites is 1. The van der Waals surface area contributed by atoms with E-state index in [1.807, 2.05) is 0 Å². The van der Waals surface area contributed by atoms with Crippen LogP contribution >= 0.6 is 0 Å². The molecule has 0 saturated carbocycles. The van der Waals surface area contributed by atoms with Gasteiger partial charge < -0.3 is 31.0 Å². The van der Waals surface area contributed by atoms with Crippen LogP contribution in [-0.2, 0) is 14.3 Å².